The Labute approximate surface area is 112 Å². The monoisotopic (exact) mass is 243 g/mol. The summed E-state index contributed by atoms with van der Waals surface area (Å²) in [7, 11) is 0. The molecule has 1 aromatic rings. The molecule has 0 saturated heterocycles. The van der Waals surface area contributed by atoms with Gasteiger partial charge in [-0.25, -0.2) is 0 Å². The fraction of sp³-hybridized carbons (Fsp3) is 0.529. The summed E-state index contributed by atoms with van der Waals surface area (Å²) < 4.78 is 0. The SMILES string of the molecule is C#CCCCC(Cc1ccccc1C)NCCC. The van der Waals surface area contributed by atoms with Crippen molar-refractivity contribution < 1.29 is 0 Å². The van der Waals surface area contributed by atoms with Gasteiger partial charge in [-0.3, -0.25) is 0 Å². The number of nitrogens with one attached hydrogen (secondary N) is 1. The molecule has 1 N–H and O–H groups in total. The van der Waals surface area contributed by atoms with Gasteiger partial charge < -0.3 is 5.32 Å². The van der Waals surface area contributed by atoms with E-state index >= 15 is 0 Å². The number of terminal acetylenes is 1. The molecule has 0 bridgehead atoms. The molecule has 1 aromatic carbocycles. The van der Waals surface area contributed by atoms with E-state index in [0.717, 1.165) is 25.8 Å². The normalized spacial score (nSPS) is 12.1. The minimum absolute atomic E-state index is 0.555. The summed E-state index contributed by atoms with van der Waals surface area (Å²) in [6, 6.07) is 9.20. The van der Waals surface area contributed by atoms with E-state index in [0.29, 0.717) is 6.04 Å². The third-order valence-corrected chi connectivity index (χ3v) is 3.28. The summed E-state index contributed by atoms with van der Waals surface area (Å²) in [6.07, 6.45) is 10.8. The predicted molar refractivity (Wildman–Crippen MR) is 79.6 cm³/mol. The molecule has 0 radical (unpaired) electrons. The molecule has 98 valence electrons. The van der Waals surface area contributed by atoms with Crippen molar-refractivity contribution in [2.75, 3.05) is 6.54 Å². The van der Waals surface area contributed by atoms with Gasteiger partial charge in [-0.05, 0) is 50.3 Å². The van der Waals surface area contributed by atoms with Crippen LogP contribution in [0.15, 0.2) is 24.3 Å². The minimum Gasteiger partial charge on any atom is -0.314 e. The summed E-state index contributed by atoms with van der Waals surface area (Å²) in [4.78, 5) is 0. The first-order chi connectivity index (χ1) is 8.77. The largest absolute Gasteiger partial charge is 0.314 e. The molecule has 0 aliphatic carbocycles. The molecule has 1 atom stereocenters. The van der Waals surface area contributed by atoms with Crippen molar-refractivity contribution in [3.63, 3.8) is 0 Å². The van der Waals surface area contributed by atoms with Crippen LogP contribution in [0.4, 0.5) is 0 Å². The lowest BCUT2D eigenvalue weighted by molar-refractivity contribution is 0.466. The van der Waals surface area contributed by atoms with Crippen LogP contribution < -0.4 is 5.32 Å². The zero-order chi connectivity index (χ0) is 13.2. The minimum atomic E-state index is 0.555. The number of unbranched alkanes of at least 4 members (excludes halogenated alkanes) is 1. The van der Waals surface area contributed by atoms with Gasteiger partial charge in [-0.1, -0.05) is 31.2 Å². The number of hydrogen-bond acceptors (Lipinski definition) is 1. The molecule has 0 aliphatic rings. The van der Waals surface area contributed by atoms with E-state index in [4.69, 9.17) is 6.42 Å². The summed E-state index contributed by atoms with van der Waals surface area (Å²) >= 11 is 0. The Kier molecular flexibility index (Phi) is 7.22. The molecule has 0 aliphatic heterocycles. The molecular weight excluding hydrogens is 218 g/mol. The molecule has 0 amide bonds. The first-order valence-corrected chi connectivity index (χ1v) is 6.99. The van der Waals surface area contributed by atoms with Crippen LogP contribution in [0.5, 0.6) is 0 Å². The van der Waals surface area contributed by atoms with Gasteiger partial charge in [0.05, 0.1) is 0 Å². The van der Waals surface area contributed by atoms with Crippen LogP contribution >= 0.6 is 0 Å². The maximum absolute atomic E-state index is 5.32. The van der Waals surface area contributed by atoms with Gasteiger partial charge in [-0.2, -0.15) is 0 Å². The average Bonchev–Trinajstić information content (AvgIpc) is 2.38. The fourth-order valence-electron chi connectivity index (χ4n) is 2.18. The van der Waals surface area contributed by atoms with E-state index < -0.39 is 0 Å². The molecule has 1 rings (SSSR count). The summed E-state index contributed by atoms with van der Waals surface area (Å²) in [5.74, 6) is 2.73. The van der Waals surface area contributed by atoms with Crippen LogP contribution in [-0.4, -0.2) is 12.6 Å². The smallest absolute Gasteiger partial charge is 0.0108 e. The zero-order valence-corrected chi connectivity index (χ0v) is 11.7. The van der Waals surface area contributed by atoms with Crippen molar-refractivity contribution in [3.8, 4) is 12.3 Å². The molecule has 0 heterocycles. The highest BCUT2D eigenvalue weighted by molar-refractivity contribution is 5.26. The highest BCUT2D eigenvalue weighted by Gasteiger charge is 2.09. The Morgan fingerprint density at radius 2 is 2.11 bits per heavy atom. The zero-order valence-electron chi connectivity index (χ0n) is 11.7. The van der Waals surface area contributed by atoms with Crippen molar-refractivity contribution in [1.82, 2.24) is 5.32 Å². The Bertz CT molecular complexity index is 375. The number of aryl methyl sites for hydroxylation is 1. The van der Waals surface area contributed by atoms with Crippen LogP contribution in [0.25, 0.3) is 0 Å². The van der Waals surface area contributed by atoms with Crippen LogP contribution in [0, 0.1) is 19.3 Å². The quantitative estimate of drug-likeness (QED) is 0.542. The van der Waals surface area contributed by atoms with E-state index in [1.807, 2.05) is 0 Å². The lowest BCUT2D eigenvalue weighted by atomic mass is 9.97. The second-order valence-electron chi connectivity index (χ2n) is 4.88. The summed E-state index contributed by atoms with van der Waals surface area (Å²) in [6.45, 7) is 5.49. The molecule has 0 fully saturated rings. The van der Waals surface area contributed by atoms with Crippen LogP contribution in [-0.2, 0) is 6.42 Å². The van der Waals surface area contributed by atoms with Gasteiger partial charge in [-0.15, -0.1) is 12.3 Å². The maximum Gasteiger partial charge on any atom is 0.0108 e. The van der Waals surface area contributed by atoms with Crippen molar-refractivity contribution in [1.29, 1.82) is 0 Å². The number of benzene rings is 1. The predicted octanol–water partition coefficient (Wildman–Crippen LogP) is 3.71. The van der Waals surface area contributed by atoms with Gasteiger partial charge >= 0.3 is 0 Å². The van der Waals surface area contributed by atoms with Crippen LogP contribution in [0.2, 0.25) is 0 Å². The summed E-state index contributed by atoms with van der Waals surface area (Å²) in [5, 5.41) is 3.64. The maximum atomic E-state index is 5.32. The fourth-order valence-corrected chi connectivity index (χ4v) is 2.18. The molecule has 0 aromatic heterocycles. The van der Waals surface area contributed by atoms with Crippen molar-refractivity contribution >= 4 is 0 Å². The van der Waals surface area contributed by atoms with E-state index in [2.05, 4.69) is 49.4 Å². The molecule has 18 heavy (non-hydrogen) atoms. The van der Waals surface area contributed by atoms with Crippen molar-refractivity contribution in [2.24, 2.45) is 0 Å². The van der Waals surface area contributed by atoms with Gasteiger partial charge in [0, 0.05) is 12.5 Å². The van der Waals surface area contributed by atoms with Gasteiger partial charge in [0.25, 0.3) is 0 Å². The topological polar surface area (TPSA) is 12.0 Å². The molecule has 1 unspecified atom stereocenters. The van der Waals surface area contributed by atoms with Crippen LogP contribution in [0.3, 0.4) is 0 Å². The Morgan fingerprint density at radius 1 is 1.33 bits per heavy atom. The first kappa shape index (κ1) is 14.8. The standard InChI is InChI=1S/C17H25N/c1-4-6-7-12-17(18-13-5-2)14-16-11-9-8-10-15(16)3/h1,8-11,17-18H,5-7,12-14H2,2-3H3. The van der Waals surface area contributed by atoms with E-state index in [9.17, 15) is 0 Å². The van der Waals surface area contributed by atoms with Gasteiger partial charge in [0.15, 0.2) is 0 Å². The second-order valence-corrected chi connectivity index (χ2v) is 4.88. The van der Waals surface area contributed by atoms with E-state index in [1.165, 1.54) is 24.0 Å². The molecule has 1 nitrogen and oxygen atoms in total. The first-order valence-electron chi connectivity index (χ1n) is 6.99. The molecule has 1 heteroatoms. The number of hydrogen-bond donors (Lipinski definition) is 1. The Hall–Kier alpha value is -1.26. The highest BCUT2D eigenvalue weighted by atomic mass is 14.9. The lowest BCUT2D eigenvalue weighted by Gasteiger charge is -2.19. The third kappa shape index (κ3) is 5.38. The third-order valence-electron chi connectivity index (χ3n) is 3.28. The lowest BCUT2D eigenvalue weighted by Crippen LogP contribution is -2.32. The van der Waals surface area contributed by atoms with E-state index in [-0.39, 0.29) is 0 Å². The second kappa shape index (κ2) is 8.78. The number of rotatable bonds is 8. The van der Waals surface area contributed by atoms with Crippen molar-refractivity contribution in [3.05, 3.63) is 35.4 Å². The highest BCUT2D eigenvalue weighted by Crippen LogP contribution is 2.13. The summed E-state index contributed by atoms with van der Waals surface area (Å²) in [5.41, 5.74) is 2.84. The van der Waals surface area contributed by atoms with Crippen molar-refractivity contribution in [2.45, 2.75) is 52.0 Å². The van der Waals surface area contributed by atoms with Gasteiger partial charge in [0.2, 0.25) is 0 Å². The Morgan fingerprint density at radius 3 is 2.78 bits per heavy atom. The molecular formula is C17H25N. The van der Waals surface area contributed by atoms with E-state index in [1.54, 1.807) is 0 Å². The Balaban J connectivity index is 2.54. The average molecular weight is 243 g/mol. The molecule has 0 saturated carbocycles. The van der Waals surface area contributed by atoms with Gasteiger partial charge in [0.1, 0.15) is 0 Å². The van der Waals surface area contributed by atoms with Crippen LogP contribution in [0.1, 0.15) is 43.7 Å². The molecule has 0 spiro atoms.